The standard InChI is InChI=1S/C19H20ClNO2/c1-19(23-2,16-9-6-10-17(20)13-16)14-21-18(22)12-11-15-7-4-3-5-8-15/h3-13H,14H2,1-2H3,(H,21,22)/b12-11+/t19-/m1/s1. The van der Waals surface area contributed by atoms with Gasteiger partial charge in [0, 0.05) is 18.2 Å². The summed E-state index contributed by atoms with van der Waals surface area (Å²) in [6.07, 6.45) is 3.29. The SMILES string of the molecule is CO[C@](C)(CNC(=O)/C=C/c1ccccc1)c1cccc(Cl)c1. The maximum atomic E-state index is 12.0. The molecule has 3 nitrogen and oxygen atoms in total. The molecule has 23 heavy (non-hydrogen) atoms. The minimum atomic E-state index is -0.638. The minimum absolute atomic E-state index is 0.167. The predicted molar refractivity (Wildman–Crippen MR) is 94.3 cm³/mol. The zero-order valence-corrected chi connectivity index (χ0v) is 14.0. The highest BCUT2D eigenvalue weighted by atomic mass is 35.5. The van der Waals surface area contributed by atoms with Gasteiger partial charge in [0.25, 0.3) is 0 Å². The van der Waals surface area contributed by atoms with Crippen molar-refractivity contribution >= 4 is 23.6 Å². The van der Waals surface area contributed by atoms with Gasteiger partial charge in [-0.25, -0.2) is 0 Å². The van der Waals surface area contributed by atoms with Crippen LogP contribution in [0.25, 0.3) is 6.08 Å². The fraction of sp³-hybridized carbons (Fsp3) is 0.211. The monoisotopic (exact) mass is 329 g/mol. The molecule has 2 aromatic rings. The van der Waals surface area contributed by atoms with E-state index in [9.17, 15) is 4.79 Å². The topological polar surface area (TPSA) is 38.3 Å². The lowest BCUT2D eigenvalue weighted by atomic mass is 9.95. The third-order valence-electron chi connectivity index (χ3n) is 3.71. The number of carbonyl (C=O) groups is 1. The van der Waals surface area contributed by atoms with Crippen LogP contribution < -0.4 is 5.32 Å². The second-order valence-electron chi connectivity index (χ2n) is 5.41. The van der Waals surface area contributed by atoms with Gasteiger partial charge in [0.2, 0.25) is 5.91 Å². The Morgan fingerprint density at radius 3 is 2.61 bits per heavy atom. The van der Waals surface area contributed by atoms with E-state index in [4.69, 9.17) is 16.3 Å². The van der Waals surface area contributed by atoms with E-state index >= 15 is 0 Å². The van der Waals surface area contributed by atoms with Crippen LogP contribution in [-0.4, -0.2) is 19.6 Å². The number of halogens is 1. The lowest BCUT2D eigenvalue weighted by molar-refractivity contribution is -0.118. The van der Waals surface area contributed by atoms with E-state index in [1.165, 1.54) is 6.08 Å². The maximum Gasteiger partial charge on any atom is 0.244 e. The van der Waals surface area contributed by atoms with Crippen molar-refractivity contribution in [3.05, 3.63) is 76.8 Å². The van der Waals surface area contributed by atoms with Gasteiger partial charge in [0.1, 0.15) is 5.60 Å². The van der Waals surface area contributed by atoms with Gasteiger partial charge in [-0.2, -0.15) is 0 Å². The molecule has 1 amide bonds. The summed E-state index contributed by atoms with van der Waals surface area (Å²) in [5, 5.41) is 3.51. The van der Waals surface area contributed by atoms with Gasteiger partial charge in [-0.1, -0.05) is 54.1 Å². The van der Waals surface area contributed by atoms with Crippen LogP contribution >= 0.6 is 11.6 Å². The van der Waals surface area contributed by atoms with Crippen LogP contribution in [0.2, 0.25) is 5.02 Å². The number of rotatable bonds is 6. The molecule has 0 spiro atoms. The molecule has 0 radical (unpaired) electrons. The number of ether oxygens (including phenoxy) is 1. The molecule has 1 N–H and O–H groups in total. The van der Waals surface area contributed by atoms with Crippen molar-refractivity contribution in [2.45, 2.75) is 12.5 Å². The first-order chi connectivity index (χ1) is 11.0. The van der Waals surface area contributed by atoms with Gasteiger partial charge in [0.05, 0.1) is 6.54 Å². The molecule has 0 aliphatic carbocycles. The summed E-state index contributed by atoms with van der Waals surface area (Å²) < 4.78 is 5.59. The highest BCUT2D eigenvalue weighted by Crippen LogP contribution is 2.26. The number of hydrogen-bond donors (Lipinski definition) is 1. The minimum Gasteiger partial charge on any atom is -0.372 e. The van der Waals surface area contributed by atoms with Crippen molar-refractivity contribution in [1.29, 1.82) is 0 Å². The number of hydrogen-bond acceptors (Lipinski definition) is 2. The zero-order valence-electron chi connectivity index (χ0n) is 13.3. The summed E-state index contributed by atoms with van der Waals surface area (Å²) in [4.78, 5) is 12.0. The number of benzene rings is 2. The average Bonchev–Trinajstić information content (AvgIpc) is 2.58. The van der Waals surface area contributed by atoms with Crippen molar-refractivity contribution in [3.8, 4) is 0 Å². The summed E-state index contributed by atoms with van der Waals surface area (Å²) >= 11 is 6.03. The molecule has 0 saturated heterocycles. The zero-order chi connectivity index (χ0) is 16.7. The van der Waals surface area contributed by atoms with Gasteiger partial charge in [0.15, 0.2) is 0 Å². The van der Waals surface area contributed by atoms with E-state index in [0.29, 0.717) is 11.6 Å². The van der Waals surface area contributed by atoms with E-state index in [0.717, 1.165) is 11.1 Å². The third kappa shape index (κ3) is 4.95. The summed E-state index contributed by atoms with van der Waals surface area (Å²) in [5.41, 5.74) is 1.26. The number of methoxy groups -OCH3 is 1. The normalized spacial score (nSPS) is 13.7. The van der Waals surface area contributed by atoms with Crippen LogP contribution in [0.1, 0.15) is 18.1 Å². The van der Waals surface area contributed by atoms with Crippen molar-refractivity contribution in [1.82, 2.24) is 5.32 Å². The molecule has 0 fully saturated rings. The number of nitrogens with one attached hydrogen (secondary N) is 1. The van der Waals surface area contributed by atoms with Crippen LogP contribution in [0.15, 0.2) is 60.7 Å². The second-order valence-corrected chi connectivity index (χ2v) is 5.84. The number of amides is 1. The first kappa shape index (κ1) is 17.3. The molecule has 2 rings (SSSR count). The Balaban J connectivity index is 2.00. The molecule has 2 aromatic carbocycles. The Kier molecular flexibility index (Phi) is 5.97. The van der Waals surface area contributed by atoms with E-state index in [1.807, 2.05) is 61.5 Å². The Hall–Kier alpha value is -2.10. The Labute approximate surface area is 141 Å². The first-order valence-electron chi connectivity index (χ1n) is 7.36. The van der Waals surface area contributed by atoms with Gasteiger partial charge in [-0.15, -0.1) is 0 Å². The molecule has 0 heterocycles. The van der Waals surface area contributed by atoms with Crippen molar-refractivity contribution in [3.63, 3.8) is 0 Å². The van der Waals surface area contributed by atoms with Gasteiger partial charge >= 0.3 is 0 Å². The Morgan fingerprint density at radius 2 is 1.96 bits per heavy atom. The molecular weight excluding hydrogens is 310 g/mol. The smallest absolute Gasteiger partial charge is 0.244 e. The van der Waals surface area contributed by atoms with Crippen LogP contribution in [0.3, 0.4) is 0 Å². The van der Waals surface area contributed by atoms with E-state index in [2.05, 4.69) is 5.32 Å². The van der Waals surface area contributed by atoms with E-state index in [-0.39, 0.29) is 5.91 Å². The molecule has 120 valence electrons. The van der Waals surface area contributed by atoms with E-state index < -0.39 is 5.60 Å². The van der Waals surface area contributed by atoms with E-state index in [1.54, 1.807) is 13.2 Å². The fourth-order valence-electron chi connectivity index (χ4n) is 2.16. The molecule has 0 unspecified atom stereocenters. The Bertz CT molecular complexity index is 685. The van der Waals surface area contributed by atoms with Crippen LogP contribution in [-0.2, 0) is 15.1 Å². The fourth-order valence-corrected chi connectivity index (χ4v) is 2.35. The Morgan fingerprint density at radius 1 is 1.22 bits per heavy atom. The molecule has 0 bridgehead atoms. The molecule has 0 aromatic heterocycles. The molecule has 0 aliphatic rings. The first-order valence-corrected chi connectivity index (χ1v) is 7.73. The predicted octanol–water partition coefficient (Wildman–Crippen LogP) is 4.03. The summed E-state index contributed by atoms with van der Waals surface area (Å²) in [7, 11) is 1.62. The molecule has 0 saturated carbocycles. The van der Waals surface area contributed by atoms with Gasteiger partial charge in [-0.05, 0) is 36.3 Å². The van der Waals surface area contributed by atoms with Crippen molar-refractivity contribution < 1.29 is 9.53 Å². The summed E-state index contributed by atoms with van der Waals surface area (Å²) in [5.74, 6) is -0.167. The molecule has 1 atom stereocenters. The molecular formula is C19H20ClNO2. The number of carbonyl (C=O) groups excluding carboxylic acids is 1. The maximum absolute atomic E-state index is 12.0. The van der Waals surface area contributed by atoms with Crippen LogP contribution in [0.4, 0.5) is 0 Å². The van der Waals surface area contributed by atoms with Crippen molar-refractivity contribution in [2.24, 2.45) is 0 Å². The summed E-state index contributed by atoms with van der Waals surface area (Å²) in [6, 6.07) is 17.1. The van der Waals surface area contributed by atoms with Gasteiger partial charge < -0.3 is 10.1 Å². The van der Waals surface area contributed by atoms with Crippen LogP contribution in [0.5, 0.6) is 0 Å². The lowest BCUT2D eigenvalue weighted by Gasteiger charge is -2.29. The second kappa shape index (κ2) is 7.95. The molecule has 4 heteroatoms. The van der Waals surface area contributed by atoms with Crippen molar-refractivity contribution in [2.75, 3.05) is 13.7 Å². The molecule has 0 aliphatic heterocycles. The van der Waals surface area contributed by atoms with Crippen LogP contribution in [0, 0.1) is 0 Å². The summed E-state index contributed by atoms with van der Waals surface area (Å²) in [6.45, 7) is 2.27. The lowest BCUT2D eigenvalue weighted by Crippen LogP contribution is -2.39. The third-order valence-corrected chi connectivity index (χ3v) is 3.95. The van der Waals surface area contributed by atoms with Gasteiger partial charge in [-0.3, -0.25) is 4.79 Å². The highest BCUT2D eigenvalue weighted by Gasteiger charge is 2.26. The highest BCUT2D eigenvalue weighted by molar-refractivity contribution is 6.30. The quantitative estimate of drug-likeness (QED) is 0.812. The largest absolute Gasteiger partial charge is 0.372 e. The average molecular weight is 330 g/mol.